The monoisotopic (exact) mass is 375 g/mol. The molecule has 5 aliphatic carbocycles. The zero-order valence-electron chi connectivity index (χ0n) is 16.1. The van der Waals surface area contributed by atoms with Crippen molar-refractivity contribution in [1.29, 1.82) is 0 Å². The van der Waals surface area contributed by atoms with Crippen LogP contribution in [0.25, 0.3) is 32.3 Å². The molecule has 8 bridgehead atoms. The molecular weight excluding hydrogens is 354 g/mol. The van der Waals surface area contributed by atoms with E-state index in [-0.39, 0.29) is 5.56 Å². The number of aromatic amines is 1. The topological polar surface area (TPSA) is 32.9 Å². The van der Waals surface area contributed by atoms with E-state index in [4.69, 9.17) is 0 Å². The molecule has 140 valence electrons. The highest BCUT2D eigenvalue weighted by Crippen LogP contribution is 2.44. The number of nitrogens with one attached hydrogen (secondary N) is 1. The van der Waals surface area contributed by atoms with Crippen LogP contribution in [0.5, 0.6) is 0 Å². The number of H-pyrrole nitrogens is 1. The van der Waals surface area contributed by atoms with E-state index in [1.54, 1.807) is 17.3 Å². The predicted octanol–water partition coefficient (Wildman–Crippen LogP) is 6.30. The Morgan fingerprint density at radius 3 is 2.55 bits per heavy atom. The molecule has 5 aliphatic rings. The van der Waals surface area contributed by atoms with Crippen LogP contribution < -0.4 is 5.56 Å². The fourth-order valence-electron chi connectivity index (χ4n) is 5.19. The van der Waals surface area contributed by atoms with Gasteiger partial charge in [0.1, 0.15) is 0 Å². The van der Waals surface area contributed by atoms with Crippen molar-refractivity contribution in [3.05, 3.63) is 106 Å². The van der Waals surface area contributed by atoms with Crippen LogP contribution in [0.1, 0.15) is 35.4 Å². The van der Waals surface area contributed by atoms with E-state index >= 15 is 0 Å². The number of pyridine rings is 1. The Labute approximate surface area is 168 Å². The molecule has 29 heavy (non-hydrogen) atoms. The molecule has 0 amide bonds. The SMILES string of the molecule is O=c1[nH]ccc2ccccc12.c1cc2c3ccc4c5c(ccc42)C(CCC5)c1c3. The second-order valence-corrected chi connectivity index (χ2v) is 8.11. The number of rotatable bonds is 0. The summed E-state index contributed by atoms with van der Waals surface area (Å²) in [6, 6.07) is 25.9. The molecule has 5 aromatic rings. The Hall–Kier alpha value is -3.39. The van der Waals surface area contributed by atoms with Crippen LogP contribution in [-0.2, 0) is 6.42 Å². The molecule has 10 rings (SSSR count). The van der Waals surface area contributed by atoms with Gasteiger partial charge in [0, 0.05) is 17.5 Å². The first kappa shape index (κ1) is 16.6. The summed E-state index contributed by atoms with van der Waals surface area (Å²) in [5.41, 5.74) is 4.70. The van der Waals surface area contributed by atoms with Crippen LogP contribution in [0.2, 0.25) is 0 Å². The van der Waals surface area contributed by atoms with Gasteiger partial charge in [-0.1, -0.05) is 60.7 Å². The van der Waals surface area contributed by atoms with Gasteiger partial charge < -0.3 is 4.98 Å². The van der Waals surface area contributed by atoms with Crippen LogP contribution in [0, 0.1) is 0 Å². The van der Waals surface area contributed by atoms with E-state index in [0.717, 1.165) is 10.8 Å². The van der Waals surface area contributed by atoms with Crippen LogP contribution in [0.15, 0.2) is 83.8 Å². The Morgan fingerprint density at radius 2 is 1.62 bits per heavy atom. The Kier molecular flexibility index (Phi) is 3.60. The molecule has 1 heterocycles. The molecule has 4 aromatic carbocycles. The fraction of sp³-hybridized carbons (Fsp3) is 0.148. The van der Waals surface area contributed by atoms with Crippen molar-refractivity contribution in [2.75, 3.05) is 0 Å². The average Bonchev–Trinajstić information content (AvgIpc) is 2.90. The molecule has 1 aromatic heterocycles. The van der Waals surface area contributed by atoms with E-state index in [0.29, 0.717) is 5.92 Å². The van der Waals surface area contributed by atoms with Crippen LogP contribution in [-0.4, -0.2) is 4.98 Å². The van der Waals surface area contributed by atoms with Crippen molar-refractivity contribution in [2.24, 2.45) is 0 Å². The normalized spacial score (nSPS) is 16.3. The van der Waals surface area contributed by atoms with E-state index in [1.165, 1.54) is 46.4 Å². The molecule has 0 radical (unpaired) electrons. The standard InChI is InChI=1S/C18H14.C9H7NO/c1-2-13-11-4-6-14-12(10-11)5-7-18-15(3-1)16(13)8-9-17(14)18;11-9-8-4-2-1-3-7(8)5-6-10-9/h4-10,13H,1-3H2;1-6H,(H,10,11). The van der Waals surface area contributed by atoms with E-state index in [9.17, 15) is 4.79 Å². The third-order valence-electron chi connectivity index (χ3n) is 6.57. The van der Waals surface area contributed by atoms with E-state index < -0.39 is 0 Å². The number of aryl methyl sites for hydroxylation is 1. The lowest BCUT2D eigenvalue weighted by Crippen LogP contribution is -2.10. The minimum atomic E-state index is -0.0249. The fourth-order valence-corrected chi connectivity index (χ4v) is 5.19. The molecule has 0 fully saturated rings. The second-order valence-electron chi connectivity index (χ2n) is 8.11. The van der Waals surface area contributed by atoms with Gasteiger partial charge in [-0.2, -0.15) is 0 Å². The summed E-state index contributed by atoms with van der Waals surface area (Å²) >= 11 is 0. The minimum Gasteiger partial charge on any atom is -0.329 e. The lowest BCUT2D eigenvalue weighted by molar-refractivity contribution is 0.620. The van der Waals surface area contributed by atoms with Crippen LogP contribution in [0.4, 0.5) is 0 Å². The largest absolute Gasteiger partial charge is 0.329 e. The smallest absolute Gasteiger partial charge is 0.255 e. The quantitative estimate of drug-likeness (QED) is 0.316. The van der Waals surface area contributed by atoms with Gasteiger partial charge >= 0.3 is 0 Å². The summed E-state index contributed by atoms with van der Waals surface area (Å²) in [7, 11) is 0. The first-order valence-electron chi connectivity index (χ1n) is 10.3. The lowest BCUT2D eigenvalue weighted by Gasteiger charge is -2.26. The maximum Gasteiger partial charge on any atom is 0.255 e. The number of hydrogen-bond donors (Lipinski definition) is 1. The molecule has 1 atom stereocenters. The molecule has 2 nitrogen and oxygen atoms in total. The minimum absolute atomic E-state index is 0.0249. The predicted molar refractivity (Wildman–Crippen MR) is 121 cm³/mol. The summed E-state index contributed by atoms with van der Waals surface area (Å²) in [6.45, 7) is 0. The Balaban J connectivity index is 0.000000130. The summed E-state index contributed by atoms with van der Waals surface area (Å²) in [5.74, 6) is 0.632. The van der Waals surface area contributed by atoms with E-state index in [2.05, 4.69) is 47.4 Å². The molecule has 1 N–H and O–H groups in total. The molecule has 1 unspecified atom stereocenters. The van der Waals surface area contributed by atoms with Crippen molar-refractivity contribution < 1.29 is 0 Å². The van der Waals surface area contributed by atoms with Crippen LogP contribution in [0.3, 0.4) is 0 Å². The van der Waals surface area contributed by atoms with Gasteiger partial charge in [0.25, 0.3) is 5.56 Å². The van der Waals surface area contributed by atoms with Crippen molar-refractivity contribution in [3.63, 3.8) is 0 Å². The van der Waals surface area contributed by atoms with E-state index in [1.807, 2.05) is 30.3 Å². The number of hydrogen-bond acceptors (Lipinski definition) is 1. The third kappa shape index (κ3) is 2.52. The maximum absolute atomic E-state index is 11.1. The van der Waals surface area contributed by atoms with Gasteiger partial charge in [0.15, 0.2) is 0 Å². The molecule has 0 saturated carbocycles. The van der Waals surface area contributed by atoms with Gasteiger partial charge in [0.2, 0.25) is 0 Å². The highest BCUT2D eigenvalue weighted by molar-refractivity contribution is 6.09. The second kappa shape index (κ2) is 6.31. The van der Waals surface area contributed by atoms with Crippen molar-refractivity contribution >= 4 is 32.3 Å². The molecule has 0 spiro atoms. The first-order valence-corrected chi connectivity index (χ1v) is 10.3. The van der Waals surface area contributed by atoms with Gasteiger partial charge in [-0.3, -0.25) is 4.79 Å². The van der Waals surface area contributed by atoms with Gasteiger partial charge in [-0.05, 0) is 75.0 Å². The summed E-state index contributed by atoms with van der Waals surface area (Å²) < 4.78 is 0. The number of aromatic nitrogens is 1. The van der Waals surface area contributed by atoms with Crippen molar-refractivity contribution in [2.45, 2.75) is 25.2 Å². The third-order valence-corrected chi connectivity index (χ3v) is 6.57. The van der Waals surface area contributed by atoms with Crippen LogP contribution >= 0.6 is 0 Å². The summed E-state index contributed by atoms with van der Waals surface area (Å²) in [4.78, 5) is 13.7. The molecular formula is C27H21NO. The molecule has 0 aliphatic heterocycles. The van der Waals surface area contributed by atoms with Crippen molar-refractivity contribution in [1.82, 2.24) is 4.98 Å². The summed E-state index contributed by atoms with van der Waals surface area (Å²) in [5, 5.41) is 7.50. The zero-order valence-corrected chi connectivity index (χ0v) is 16.1. The highest BCUT2D eigenvalue weighted by atomic mass is 16.1. The van der Waals surface area contributed by atoms with Gasteiger partial charge in [-0.15, -0.1) is 0 Å². The lowest BCUT2D eigenvalue weighted by atomic mass is 9.78. The summed E-state index contributed by atoms with van der Waals surface area (Å²) in [6.07, 6.45) is 5.56. The Morgan fingerprint density at radius 1 is 0.759 bits per heavy atom. The number of benzene rings is 4. The zero-order chi connectivity index (χ0) is 19.4. The van der Waals surface area contributed by atoms with Gasteiger partial charge in [0.05, 0.1) is 0 Å². The average molecular weight is 375 g/mol. The van der Waals surface area contributed by atoms with Gasteiger partial charge in [-0.25, -0.2) is 0 Å². The van der Waals surface area contributed by atoms with Crippen molar-refractivity contribution in [3.8, 4) is 0 Å². The first-order chi connectivity index (χ1) is 14.3. The Bertz CT molecular complexity index is 1460. The maximum atomic E-state index is 11.1. The number of fused-ring (bicyclic) bond motifs is 1. The molecule has 2 heteroatoms. The highest BCUT2D eigenvalue weighted by Gasteiger charge is 2.25. The molecule has 0 saturated heterocycles.